The third-order valence-corrected chi connectivity index (χ3v) is 13.1. The Labute approximate surface area is 316 Å². The van der Waals surface area contributed by atoms with Crippen LogP contribution in [-0.4, -0.2) is 11.7 Å². The van der Waals surface area contributed by atoms with Crippen molar-refractivity contribution in [3.05, 3.63) is 183 Å². The van der Waals surface area contributed by atoms with Crippen molar-refractivity contribution in [1.82, 2.24) is 0 Å². The predicted octanol–water partition coefficient (Wildman–Crippen LogP) is 12.8. The molecule has 0 saturated carbocycles. The van der Waals surface area contributed by atoms with Crippen LogP contribution in [-0.2, 0) is 11.0 Å². The molecule has 0 saturated heterocycles. The molecule has 0 amide bonds. The summed E-state index contributed by atoms with van der Waals surface area (Å²) in [6, 6.07) is 50.4. The Bertz CT molecular complexity index is 2510. The minimum absolute atomic E-state index is 0.353. The number of benzene rings is 6. The van der Waals surface area contributed by atoms with E-state index in [4.69, 9.17) is 4.74 Å². The minimum Gasteiger partial charge on any atom is -0.494 e. The van der Waals surface area contributed by atoms with Gasteiger partial charge in [0.1, 0.15) is 11.4 Å². The molecule has 1 heterocycles. The SMILES string of the molecule is CCCCCCCCOc1ccc(C2(O)c3ccccc3-c3ccc(-c4ccc5c(c4)[C@]4(c6ccccc6-5)c5ccccc5-c5ccsc54)cc32)cc1. The maximum atomic E-state index is 12.9. The zero-order valence-electron chi connectivity index (χ0n) is 30.1. The fourth-order valence-electron chi connectivity index (χ4n) is 9.59. The van der Waals surface area contributed by atoms with E-state index in [2.05, 4.69) is 121 Å². The Hall–Kier alpha value is -5.22. The maximum Gasteiger partial charge on any atom is 0.141 e. The molecule has 0 aliphatic heterocycles. The van der Waals surface area contributed by atoms with Crippen LogP contribution in [0.1, 0.15) is 83.7 Å². The standard InChI is InChI=1S/C50H42O2S/c1-2-3-4-5-6-13-29-52-36-24-22-35(23-25-36)50(51)45-19-12-9-15-38(45)41-27-21-34(32-47(41)50)33-20-26-40-37-14-7-10-17-43(37)49(46(40)31-33)44-18-11-8-16-39(44)42-28-30-53-48(42)49/h7-12,14-28,30-32,51H,2-6,13,29H2,1H3/t49-,50?/m0/s1. The summed E-state index contributed by atoms with van der Waals surface area (Å²) in [4.78, 5) is 1.40. The number of fused-ring (bicyclic) bond motifs is 13. The fourth-order valence-corrected chi connectivity index (χ4v) is 10.7. The van der Waals surface area contributed by atoms with E-state index in [1.807, 2.05) is 41.7 Å². The van der Waals surface area contributed by atoms with Gasteiger partial charge in [-0.15, -0.1) is 11.3 Å². The predicted molar refractivity (Wildman–Crippen MR) is 219 cm³/mol. The Morgan fingerprint density at radius 1 is 0.509 bits per heavy atom. The Kier molecular flexibility index (Phi) is 7.79. The van der Waals surface area contributed by atoms with Crippen molar-refractivity contribution < 1.29 is 9.84 Å². The summed E-state index contributed by atoms with van der Waals surface area (Å²) in [5.74, 6) is 0.849. The Balaban J connectivity index is 1.04. The molecule has 0 radical (unpaired) electrons. The van der Waals surface area contributed by atoms with Gasteiger partial charge in [0.15, 0.2) is 0 Å². The second-order valence-electron chi connectivity index (χ2n) is 14.9. The number of hydrogen-bond donors (Lipinski definition) is 1. The molecule has 53 heavy (non-hydrogen) atoms. The molecule has 0 bridgehead atoms. The molecule has 1 unspecified atom stereocenters. The average molecular weight is 707 g/mol. The lowest BCUT2D eigenvalue weighted by Gasteiger charge is -2.29. The van der Waals surface area contributed by atoms with Gasteiger partial charge in [0.2, 0.25) is 0 Å². The summed E-state index contributed by atoms with van der Waals surface area (Å²) < 4.78 is 6.14. The topological polar surface area (TPSA) is 29.5 Å². The van der Waals surface area contributed by atoms with Crippen LogP contribution in [0.5, 0.6) is 5.75 Å². The monoisotopic (exact) mass is 706 g/mol. The van der Waals surface area contributed by atoms with Crippen molar-refractivity contribution in [2.24, 2.45) is 0 Å². The molecule has 6 aromatic carbocycles. The highest BCUT2D eigenvalue weighted by atomic mass is 32.1. The quantitative estimate of drug-likeness (QED) is 0.143. The lowest BCUT2D eigenvalue weighted by Crippen LogP contribution is -2.26. The first-order valence-electron chi connectivity index (χ1n) is 19.3. The molecule has 260 valence electrons. The van der Waals surface area contributed by atoms with Crippen LogP contribution in [0, 0.1) is 0 Å². The highest BCUT2D eigenvalue weighted by Gasteiger charge is 2.52. The van der Waals surface area contributed by atoms with Crippen molar-refractivity contribution >= 4 is 11.3 Å². The molecular formula is C50H42O2S. The third kappa shape index (κ3) is 4.73. The van der Waals surface area contributed by atoms with E-state index >= 15 is 0 Å². The molecule has 10 rings (SSSR count). The van der Waals surface area contributed by atoms with Gasteiger partial charge in [-0.1, -0.05) is 148 Å². The number of unbranched alkanes of at least 4 members (excludes halogenated alkanes) is 5. The van der Waals surface area contributed by atoms with Gasteiger partial charge in [-0.25, -0.2) is 0 Å². The van der Waals surface area contributed by atoms with Gasteiger partial charge < -0.3 is 9.84 Å². The smallest absolute Gasteiger partial charge is 0.141 e. The molecule has 2 atom stereocenters. The molecule has 1 aromatic heterocycles. The second-order valence-corrected chi connectivity index (χ2v) is 15.8. The number of thiophene rings is 1. The number of rotatable bonds is 10. The van der Waals surface area contributed by atoms with Gasteiger partial charge in [-0.2, -0.15) is 0 Å². The van der Waals surface area contributed by atoms with Crippen molar-refractivity contribution in [3.8, 4) is 50.3 Å². The molecule has 1 N–H and O–H groups in total. The first-order chi connectivity index (χ1) is 26.1. The second kappa shape index (κ2) is 12.7. The van der Waals surface area contributed by atoms with Gasteiger partial charge in [-0.05, 0) is 109 Å². The molecule has 2 nitrogen and oxygen atoms in total. The van der Waals surface area contributed by atoms with Gasteiger partial charge in [0.05, 0.1) is 12.0 Å². The van der Waals surface area contributed by atoms with E-state index in [0.29, 0.717) is 0 Å². The molecule has 0 fully saturated rings. The van der Waals surface area contributed by atoms with Crippen LogP contribution in [0.2, 0.25) is 0 Å². The van der Waals surface area contributed by atoms with Gasteiger partial charge in [0.25, 0.3) is 0 Å². The molecular weight excluding hydrogens is 665 g/mol. The normalized spacial score (nSPS) is 18.3. The summed E-state index contributed by atoms with van der Waals surface area (Å²) in [7, 11) is 0. The number of ether oxygens (including phenoxy) is 1. The lowest BCUT2D eigenvalue weighted by atomic mass is 9.73. The summed E-state index contributed by atoms with van der Waals surface area (Å²) in [5.41, 5.74) is 14.8. The minimum atomic E-state index is -1.29. The van der Waals surface area contributed by atoms with E-state index < -0.39 is 5.60 Å². The first-order valence-corrected chi connectivity index (χ1v) is 20.1. The van der Waals surface area contributed by atoms with Crippen LogP contribution in [0.15, 0.2) is 145 Å². The van der Waals surface area contributed by atoms with E-state index in [-0.39, 0.29) is 5.41 Å². The molecule has 7 aromatic rings. The van der Waals surface area contributed by atoms with E-state index in [1.54, 1.807) is 0 Å². The fraction of sp³-hybridized carbons (Fsp3) is 0.200. The van der Waals surface area contributed by atoms with Crippen LogP contribution in [0.25, 0.3) is 44.5 Å². The van der Waals surface area contributed by atoms with E-state index in [1.165, 1.54) is 75.9 Å². The molecule has 3 aliphatic carbocycles. The maximum absolute atomic E-state index is 12.9. The van der Waals surface area contributed by atoms with Crippen molar-refractivity contribution in [3.63, 3.8) is 0 Å². The zero-order valence-corrected chi connectivity index (χ0v) is 30.9. The highest BCUT2D eigenvalue weighted by Crippen LogP contribution is 2.64. The van der Waals surface area contributed by atoms with Crippen molar-refractivity contribution in [2.45, 2.75) is 56.5 Å². The van der Waals surface area contributed by atoms with Gasteiger partial charge >= 0.3 is 0 Å². The van der Waals surface area contributed by atoms with Crippen LogP contribution < -0.4 is 4.74 Å². The largest absolute Gasteiger partial charge is 0.494 e. The Morgan fingerprint density at radius 2 is 1.06 bits per heavy atom. The van der Waals surface area contributed by atoms with Crippen LogP contribution >= 0.6 is 11.3 Å². The molecule has 1 spiro atoms. The highest BCUT2D eigenvalue weighted by molar-refractivity contribution is 7.11. The average Bonchev–Trinajstić information content (AvgIpc) is 3.94. The molecule has 3 aliphatic rings. The summed E-state index contributed by atoms with van der Waals surface area (Å²) in [5, 5.41) is 15.2. The lowest BCUT2D eigenvalue weighted by molar-refractivity contribution is 0.130. The van der Waals surface area contributed by atoms with Crippen LogP contribution in [0.3, 0.4) is 0 Å². The van der Waals surface area contributed by atoms with Gasteiger partial charge in [0, 0.05) is 16.0 Å². The Morgan fingerprint density at radius 3 is 1.75 bits per heavy atom. The third-order valence-electron chi connectivity index (χ3n) is 12.1. The van der Waals surface area contributed by atoms with Crippen molar-refractivity contribution in [1.29, 1.82) is 0 Å². The van der Waals surface area contributed by atoms with E-state index in [0.717, 1.165) is 57.7 Å². The van der Waals surface area contributed by atoms with Gasteiger partial charge in [-0.3, -0.25) is 0 Å². The van der Waals surface area contributed by atoms with E-state index in [9.17, 15) is 5.11 Å². The molecule has 3 heteroatoms. The number of aliphatic hydroxyl groups is 1. The summed E-state index contributed by atoms with van der Waals surface area (Å²) >= 11 is 1.87. The van der Waals surface area contributed by atoms with Crippen LogP contribution in [0.4, 0.5) is 0 Å². The van der Waals surface area contributed by atoms with Crippen molar-refractivity contribution in [2.75, 3.05) is 6.61 Å². The summed E-state index contributed by atoms with van der Waals surface area (Å²) in [6.45, 7) is 2.97. The summed E-state index contributed by atoms with van der Waals surface area (Å²) in [6.07, 6.45) is 7.42. The zero-order chi connectivity index (χ0) is 35.6. The first kappa shape index (κ1) is 32.4. The number of hydrogen-bond acceptors (Lipinski definition) is 3.